The fraction of sp³-hybridized carbons (Fsp3) is 0. The SMILES string of the molecule is c1ccc(-c2c3ccccc3c(-c3cc(-c4ccc(-n5c6ccccc6c6cnccc65)cc4)nc(-c4ccccn4)c3)c3ccccc23)cc1.c1ccc(-c2cc(-c3c4ccccc4cc4ccccc34)cc(-c3ccc(-n4c5ccccc5c5cccnc54)cc3)n2)nc1.c1ccc(-c2cc(-c3c4ccccc4cc4ccccc34)cc(-c3ccc(-n4c5ccccc5c5ccncc54)cc3)n2)nc1. The predicted octanol–water partition coefficient (Wildman–Crippen LogP) is 32.5. The molecule has 16 aromatic carbocycles. The van der Waals surface area contributed by atoms with E-state index >= 15 is 0 Å². The number of fused-ring (bicyclic) bond motifs is 15. The first kappa shape index (κ1) is 82.5. The molecule has 0 bridgehead atoms. The van der Waals surface area contributed by atoms with Gasteiger partial charge in [0.25, 0.3) is 0 Å². The lowest BCUT2D eigenvalue weighted by molar-refractivity contribution is 1.13. The molecule has 12 nitrogen and oxygen atoms in total. The topological polar surface area (TPSA) is 131 Å². The number of benzene rings is 16. The smallest absolute Gasteiger partial charge is 0.145 e. The van der Waals surface area contributed by atoms with Crippen molar-refractivity contribution < 1.29 is 0 Å². The summed E-state index contributed by atoms with van der Waals surface area (Å²) in [6, 6.07) is 158. The molecule has 0 spiro atoms. The van der Waals surface area contributed by atoms with Crippen molar-refractivity contribution >= 4 is 130 Å². The summed E-state index contributed by atoms with van der Waals surface area (Å²) < 4.78 is 6.83. The third kappa shape index (κ3) is 14.9. The molecule has 28 aromatic rings. The molecule has 28 rings (SSSR count). The second-order valence-corrected chi connectivity index (χ2v) is 35.5. The average Bonchev–Trinajstić information content (AvgIpc) is 1.46. The van der Waals surface area contributed by atoms with E-state index in [0.717, 1.165) is 146 Å². The molecule has 12 heterocycles. The van der Waals surface area contributed by atoms with E-state index in [-0.39, 0.29) is 0 Å². The van der Waals surface area contributed by atoms with E-state index in [0.29, 0.717) is 0 Å². The van der Waals surface area contributed by atoms with Gasteiger partial charge in [0.1, 0.15) is 5.65 Å². The Bertz CT molecular complexity index is 9040. The molecule has 141 heavy (non-hydrogen) atoms. The van der Waals surface area contributed by atoms with Crippen LogP contribution in [0.15, 0.2) is 498 Å². The summed E-state index contributed by atoms with van der Waals surface area (Å²) in [6.45, 7) is 0. The van der Waals surface area contributed by atoms with E-state index in [1.54, 1.807) is 0 Å². The Kier molecular flexibility index (Phi) is 20.6. The van der Waals surface area contributed by atoms with Crippen molar-refractivity contribution in [2.75, 3.05) is 0 Å². The first-order valence-corrected chi connectivity index (χ1v) is 47.4. The quantitative estimate of drug-likeness (QED) is 0.104. The summed E-state index contributed by atoms with van der Waals surface area (Å²) in [5.41, 5.74) is 30.1. The predicted molar refractivity (Wildman–Crippen MR) is 582 cm³/mol. The monoisotopic (exact) mass is 1800 g/mol. The highest BCUT2D eigenvalue weighted by atomic mass is 15.0. The molecule has 0 fully saturated rings. The molecule has 0 atom stereocenters. The Morgan fingerprint density at radius 3 is 0.872 bits per heavy atom. The van der Waals surface area contributed by atoms with Crippen LogP contribution in [-0.4, -0.2) is 58.6 Å². The Morgan fingerprint density at radius 1 is 0.149 bits per heavy atom. The third-order valence-electron chi connectivity index (χ3n) is 27.3. The summed E-state index contributed by atoms with van der Waals surface area (Å²) in [5.74, 6) is 0. The standard InChI is InChI=1S/C47H30N4.2C41H26N4/c1-2-12-32(13-3-1)46-36-15-4-6-17-38(36)47(39-18-7-5-16-37(39)46)33-28-42(50-43(29-33)41-19-10-11-26-49-41)31-21-23-34(24-22-31)51-44-20-9-8-14-35(44)40-30-48-27-25-45(40)51;1-3-12-32-28(10-1)24-29-11-2-4-13-33(29)40(32)30-25-37(44-38(26-30)36-16-7-8-22-42-36)27-18-20-31(21-19-27)45-39-17-6-5-14-34(39)35-15-9-23-43-41(35)45;1-3-11-32-28(9-1)23-29-10-2-4-12-33(29)41(32)30-24-37(44-38(25-30)36-14-7-8-21-43-36)27-16-18-31(19-17-27)45-39-15-6-5-13-34(39)35-20-22-42-26-40(35)45/h1-30H;2*1-26H. The van der Waals surface area contributed by atoms with Crippen LogP contribution >= 0.6 is 0 Å². The Balaban J connectivity index is 0.000000109. The van der Waals surface area contributed by atoms with Gasteiger partial charge in [-0.15, -0.1) is 0 Å². The van der Waals surface area contributed by atoms with E-state index in [1.807, 2.05) is 110 Å². The van der Waals surface area contributed by atoms with Gasteiger partial charge in [-0.25, -0.2) is 19.9 Å². The van der Waals surface area contributed by atoms with Crippen LogP contribution in [0.3, 0.4) is 0 Å². The van der Waals surface area contributed by atoms with Crippen molar-refractivity contribution in [2.24, 2.45) is 0 Å². The van der Waals surface area contributed by atoms with Crippen LogP contribution in [0.25, 0.3) is 260 Å². The van der Waals surface area contributed by atoms with Gasteiger partial charge in [-0.1, -0.05) is 285 Å². The molecule has 12 heteroatoms. The van der Waals surface area contributed by atoms with Gasteiger partial charge in [0.15, 0.2) is 0 Å². The highest BCUT2D eigenvalue weighted by Gasteiger charge is 2.25. The van der Waals surface area contributed by atoms with Gasteiger partial charge in [-0.05, 0) is 273 Å². The van der Waals surface area contributed by atoms with Gasteiger partial charge in [0, 0.05) is 109 Å². The van der Waals surface area contributed by atoms with E-state index in [2.05, 4.69) is 422 Å². The van der Waals surface area contributed by atoms with E-state index < -0.39 is 0 Å². The summed E-state index contributed by atoms with van der Waals surface area (Å²) >= 11 is 0. The third-order valence-corrected chi connectivity index (χ3v) is 27.3. The maximum absolute atomic E-state index is 5.24. The molecule has 0 saturated carbocycles. The number of para-hydroxylation sites is 3. The van der Waals surface area contributed by atoms with Crippen LogP contribution in [0.4, 0.5) is 0 Å². The second-order valence-electron chi connectivity index (χ2n) is 35.5. The molecular formula is C129H82N12. The molecular weight excluding hydrogens is 1720 g/mol. The second kappa shape index (κ2) is 35.3. The zero-order valence-electron chi connectivity index (χ0n) is 76.2. The van der Waals surface area contributed by atoms with E-state index in [9.17, 15) is 0 Å². The molecule has 0 N–H and O–H groups in total. The van der Waals surface area contributed by atoms with Gasteiger partial charge in [-0.3, -0.25) is 29.5 Å². The molecule has 0 aliphatic heterocycles. The largest absolute Gasteiger partial charge is 0.309 e. The maximum Gasteiger partial charge on any atom is 0.145 e. The van der Waals surface area contributed by atoms with Gasteiger partial charge in [-0.2, -0.15) is 0 Å². The molecule has 0 unspecified atom stereocenters. The molecule has 12 aromatic heterocycles. The van der Waals surface area contributed by atoms with Gasteiger partial charge in [0.2, 0.25) is 0 Å². The fourth-order valence-corrected chi connectivity index (χ4v) is 21.0. The first-order chi connectivity index (χ1) is 69.9. The van der Waals surface area contributed by atoms with Crippen molar-refractivity contribution in [3.05, 3.63) is 498 Å². The fourth-order valence-electron chi connectivity index (χ4n) is 21.0. The van der Waals surface area contributed by atoms with Crippen molar-refractivity contribution in [1.82, 2.24) is 58.6 Å². The normalized spacial score (nSPS) is 11.5. The van der Waals surface area contributed by atoms with E-state index in [4.69, 9.17) is 24.9 Å². The summed E-state index contributed by atoms with van der Waals surface area (Å²) in [7, 11) is 0. The first-order valence-electron chi connectivity index (χ1n) is 47.4. The van der Waals surface area contributed by atoms with Crippen molar-refractivity contribution in [1.29, 1.82) is 0 Å². The van der Waals surface area contributed by atoms with Gasteiger partial charge >= 0.3 is 0 Å². The minimum Gasteiger partial charge on any atom is -0.309 e. The van der Waals surface area contributed by atoms with Crippen molar-refractivity contribution in [3.8, 4) is 130 Å². The summed E-state index contributed by atoms with van der Waals surface area (Å²) in [5, 5.41) is 21.7. The highest BCUT2D eigenvalue weighted by Crippen LogP contribution is 2.48. The molecule has 0 radical (unpaired) electrons. The van der Waals surface area contributed by atoms with Crippen molar-refractivity contribution in [2.45, 2.75) is 0 Å². The average molecular weight is 1800 g/mol. The Morgan fingerprint density at radius 2 is 0.447 bits per heavy atom. The zero-order valence-corrected chi connectivity index (χ0v) is 76.2. The van der Waals surface area contributed by atoms with Crippen LogP contribution in [0.5, 0.6) is 0 Å². The Hall–Kier alpha value is -19.2. The Labute approximate surface area is 811 Å². The lowest BCUT2D eigenvalue weighted by Gasteiger charge is -2.18. The van der Waals surface area contributed by atoms with Crippen LogP contribution in [0.2, 0.25) is 0 Å². The summed E-state index contributed by atoms with van der Waals surface area (Å²) in [4.78, 5) is 43.3. The lowest BCUT2D eigenvalue weighted by atomic mass is 9.85. The van der Waals surface area contributed by atoms with Gasteiger partial charge < -0.3 is 9.13 Å². The lowest BCUT2D eigenvalue weighted by Crippen LogP contribution is -1.96. The molecule has 0 aliphatic rings. The maximum atomic E-state index is 5.24. The highest BCUT2D eigenvalue weighted by molar-refractivity contribution is 6.23. The number of rotatable bonds is 13. The van der Waals surface area contributed by atoms with Crippen molar-refractivity contribution in [3.63, 3.8) is 0 Å². The molecule has 0 aliphatic carbocycles. The minimum atomic E-state index is 0.836. The van der Waals surface area contributed by atoms with E-state index in [1.165, 1.54) is 114 Å². The molecule has 0 amide bonds. The minimum absolute atomic E-state index is 0.836. The number of nitrogens with zero attached hydrogens (tertiary/aromatic N) is 12. The van der Waals surface area contributed by atoms with Crippen LogP contribution in [0, 0.1) is 0 Å². The van der Waals surface area contributed by atoms with Gasteiger partial charge in [0.05, 0.1) is 85.0 Å². The molecule has 0 saturated heterocycles. The number of hydrogen-bond acceptors (Lipinski definition) is 9. The number of hydrogen-bond donors (Lipinski definition) is 0. The summed E-state index contributed by atoms with van der Waals surface area (Å²) in [6.07, 6.45) is 15.0. The van der Waals surface area contributed by atoms with Crippen LogP contribution in [-0.2, 0) is 0 Å². The van der Waals surface area contributed by atoms with Crippen LogP contribution in [0.1, 0.15) is 0 Å². The zero-order chi connectivity index (χ0) is 93.2. The number of pyridine rings is 9. The number of aromatic nitrogens is 12. The van der Waals surface area contributed by atoms with Crippen LogP contribution < -0.4 is 0 Å². The molecule has 658 valence electrons.